The van der Waals surface area contributed by atoms with Crippen LogP contribution in [-0.2, 0) is 11.0 Å². The first-order valence-corrected chi connectivity index (χ1v) is 14.8. The zero-order chi connectivity index (χ0) is 30.1. The molecule has 0 spiro atoms. The number of rotatable bonds is 8. The zero-order valence-corrected chi connectivity index (χ0v) is 23.8. The molecule has 2 amide bonds. The number of anilines is 3. The fourth-order valence-electron chi connectivity index (χ4n) is 5.00. The number of hydrogen-bond donors (Lipinski definition) is 3. The molecule has 1 aliphatic heterocycles. The summed E-state index contributed by atoms with van der Waals surface area (Å²) in [6.45, 7) is 2.69. The van der Waals surface area contributed by atoms with Crippen LogP contribution in [0.2, 0.25) is 0 Å². The van der Waals surface area contributed by atoms with Gasteiger partial charge < -0.3 is 20.6 Å². The van der Waals surface area contributed by atoms with E-state index in [4.69, 9.17) is 0 Å². The van der Waals surface area contributed by atoms with Crippen LogP contribution in [0.15, 0.2) is 54.6 Å². The Labute approximate surface area is 249 Å². The van der Waals surface area contributed by atoms with Gasteiger partial charge in [-0.3, -0.25) is 14.5 Å². The number of benzene rings is 2. The summed E-state index contributed by atoms with van der Waals surface area (Å²) >= 11 is 1.28. The number of nitrogens with zero attached hydrogens (tertiary/aromatic N) is 4. The summed E-state index contributed by atoms with van der Waals surface area (Å²) < 4.78 is 41.4. The number of halogens is 3. The van der Waals surface area contributed by atoms with E-state index in [0.29, 0.717) is 70.8 Å². The molecule has 1 saturated heterocycles. The molecule has 3 N–H and O–H groups in total. The van der Waals surface area contributed by atoms with E-state index < -0.39 is 17.6 Å². The molecule has 2 aromatic carbocycles. The van der Waals surface area contributed by atoms with Crippen molar-refractivity contribution in [2.24, 2.45) is 5.92 Å². The van der Waals surface area contributed by atoms with Crippen LogP contribution in [-0.4, -0.2) is 71.1 Å². The van der Waals surface area contributed by atoms with Crippen molar-refractivity contribution in [2.45, 2.75) is 19.0 Å². The van der Waals surface area contributed by atoms with Crippen molar-refractivity contribution >= 4 is 50.0 Å². The molecule has 2 fully saturated rings. The molecule has 0 radical (unpaired) electrons. The average Bonchev–Trinajstić information content (AvgIpc) is 3.77. The van der Waals surface area contributed by atoms with Crippen molar-refractivity contribution in [2.75, 3.05) is 54.9 Å². The van der Waals surface area contributed by atoms with E-state index in [1.165, 1.54) is 17.4 Å². The monoisotopic (exact) mass is 610 g/mol. The van der Waals surface area contributed by atoms with Crippen LogP contribution >= 0.6 is 11.3 Å². The van der Waals surface area contributed by atoms with Crippen molar-refractivity contribution in [3.05, 3.63) is 65.7 Å². The maximum atomic E-state index is 13.8. The number of aromatic nitrogens is 2. The maximum absolute atomic E-state index is 13.8. The van der Waals surface area contributed by atoms with Crippen molar-refractivity contribution in [1.82, 2.24) is 14.9 Å². The predicted molar refractivity (Wildman–Crippen MR) is 159 cm³/mol. The first-order valence-electron chi connectivity index (χ1n) is 14.0. The molecular weight excluding hydrogens is 581 g/mol. The van der Waals surface area contributed by atoms with Gasteiger partial charge in [0, 0.05) is 61.1 Å². The van der Waals surface area contributed by atoms with E-state index in [0.717, 1.165) is 25.0 Å². The summed E-state index contributed by atoms with van der Waals surface area (Å²) in [6.07, 6.45) is -2.83. The molecule has 43 heavy (non-hydrogen) atoms. The normalized spacial score (nSPS) is 16.0. The Morgan fingerprint density at radius 3 is 2.49 bits per heavy atom. The fourth-order valence-corrected chi connectivity index (χ4v) is 5.84. The van der Waals surface area contributed by atoms with Gasteiger partial charge in [-0.05, 0) is 55.3 Å². The van der Waals surface area contributed by atoms with E-state index in [1.807, 2.05) is 15.9 Å². The molecule has 3 heterocycles. The smallest absolute Gasteiger partial charge is 0.395 e. The lowest BCUT2D eigenvalue weighted by atomic mass is 10.1. The summed E-state index contributed by atoms with van der Waals surface area (Å²) in [5.41, 5.74) is 1.71. The van der Waals surface area contributed by atoms with E-state index in [-0.39, 0.29) is 24.0 Å². The van der Waals surface area contributed by atoms with Gasteiger partial charge in [-0.1, -0.05) is 23.5 Å². The summed E-state index contributed by atoms with van der Waals surface area (Å²) in [5.74, 6) is -0.634. The first-order chi connectivity index (χ1) is 20.7. The molecule has 224 valence electrons. The van der Waals surface area contributed by atoms with Crippen LogP contribution in [0.4, 0.5) is 29.7 Å². The topological polar surface area (TPSA) is 111 Å². The third kappa shape index (κ3) is 6.79. The number of thiazole rings is 1. The molecule has 6 rings (SSSR count). The van der Waals surface area contributed by atoms with Crippen LogP contribution < -0.4 is 15.5 Å². The standard InChI is InChI=1S/C30H29F3N6O3S/c31-30(32,33)21-14-20(16-23(17-21)39-10-8-38(9-11-39)12-13-40)27(42)34-22-3-1-2-19(15-22)24-6-7-25-28(35-24)43-29(36-25)37-26(41)18-4-5-18/h1-3,6-7,14-18,40H,4-5,8-13H2,(H,34,42)(H,36,37,41). The molecular formula is C30H29F3N6O3S. The number of carbonyl (C=O) groups is 2. The molecule has 0 unspecified atom stereocenters. The fraction of sp³-hybridized carbons (Fsp3) is 0.333. The highest BCUT2D eigenvalue weighted by Gasteiger charge is 2.33. The SMILES string of the molecule is O=C(Nc1cccc(-c2ccc3nc(NC(=O)C4CC4)sc3n2)c1)c1cc(N2CCN(CCO)CC2)cc(C(F)(F)F)c1. The zero-order valence-electron chi connectivity index (χ0n) is 23.0. The minimum absolute atomic E-state index is 0.0198. The number of carbonyl (C=O) groups excluding carboxylic acids is 2. The van der Waals surface area contributed by atoms with Crippen molar-refractivity contribution in [1.29, 1.82) is 0 Å². The van der Waals surface area contributed by atoms with Gasteiger partial charge in [0.2, 0.25) is 5.91 Å². The van der Waals surface area contributed by atoms with Gasteiger partial charge in [0.25, 0.3) is 5.91 Å². The minimum Gasteiger partial charge on any atom is -0.395 e. The van der Waals surface area contributed by atoms with Gasteiger partial charge in [-0.15, -0.1) is 0 Å². The highest BCUT2D eigenvalue weighted by molar-refractivity contribution is 7.22. The Hall–Kier alpha value is -4.07. The van der Waals surface area contributed by atoms with Gasteiger partial charge in [-0.2, -0.15) is 13.2 Å². The Bertz CT molecular complexity index is 1660. The lowest BCUT2D eigenvalue weighted by Gasteiger charge is -2.36. The second-order valence-corrected chi connectivity index (χ2v) is 11.6. The Balaban J connectivity index is 1.20. The highest BCUT2D eigenvalue weighted by Crippen LogP contribution is 2.35. The van der Waals surface area contributed by atoms with Crippen LogP contribution in [0, 0.1) is 5.92 Å². The van der Waals surface area contributed by atoms with Gasteiger partial charge in [0.1, 0.15) is 10.3 Å². The maximum Gasteiger partial charge on any atom is 0.416 e. The Morgan fingerprint density at radius 2 is 1.77 bits per heavy atom. The second kappa shape index (κ2) is 11.9. The van der Waals surface area contributed by atoms with Crippen LogP contribution in [0.25, 0.3) is 21.6 Å². The summed E-state index contributed by atoms with van der Waals surface area (Å²) in [7, 11) is 0. The highest BCUT2D eigenvalue weighted by atomic mass is 32.1. The summed E-state index contributed by atoms with van der Waals surface area (Å²) in [5, 5.41) is 15.2. The summed E-state index contributed by atoms with van der Waals surface area (Å²) in [6, 6.07) is 13.9. The van der Waals surface area contributed by atoms with Gasteiger partial charge in [-0.25, -0.2) is 9.97 Å². The first kappa shape index (κ1) is 29.0. The predicted octanol–water partition coefficient (Wildman–Crippen LogP) is 5.09. The molecule has 2 aliphatic rings. The molecule has 4 aromatic rings. The van der Waals surface area contributed by atoms with Crippen molar-refractivity contribution in [3.8, 4) is 11.3 Å². The number of amides is 2. The Morgan fingerprint density at radius 1 is 0.977 bits per heavy atom. The molecule has 1 aliphatic carbocycles. The number of hydrogen-bond acceptors (Lipinski definition) is 8. The number of aliphatic hydroxyl groups is 1. The number of alkyl halides is 3. The number of nitrogens with one attached hydrogen (secondary N) is 2. The van der Waals surface area contributed by atoms with E-state index >= 15 is 0 Å². The van der Waals surface area contributed by atoms with Crippen molar-refractivity contribution in [3.63, 3.8) is 0 Å². The molecule has 1 saturated carbocycles. The number of β-amino-alcohol motifs (C(OH)–C–C–N with tert-alkyl or cyclic N) is 1. The largest absolute Gasteiger partial charge is 0.416 e. The quantitative estimate of drug-likeness (QED) is 0.255. The lowest BCUT2D eigenvalue weighted by Crippen LogP contribution is -2.47. The van der Waals surface area contributed by atoms with E-state index in [1.54, 1.807) is 30.3 Å². The van der Waals surface area contributed by atoms with E-state index in [9.17, 15) is 27.9 Å². The molecule has 0 atom stereocenters. The number of aliphatic hydroxyl groups excluding tert-OH is 1. The third-order valence-electron chi connectivity index (χ3n) is 7.51. The van der Waals surface area contributed by atoms with Crippen LogP contribution in [0.3, 0.4) is 0 Å². The molecule has 13 heteroatoms. The number of pyridine rings is 1. The van der Waals surface area contributed by atoms with E-state index in [2.05, 4.69) is 20.6 Å². The number of fused-ring (bicyclic) bond motifs is 1. The van der Waals surface area contributed by atoms with Gasteiger partial charge in [0.15, 0.2) is 5.13 Å². The minimum atomic E-state index is -4.62. The average molecular weight is 611 g/mol. The third-order valence-corrected chi connectivity index (χ3v) is 8.39. The number of piperazine rings is 1. The second-order valence-electron chi connectivity index (χ2n) is 10.7. The van der Waals surface area contributed by atoms with Crippen molar-refractivity contribution < 1.29 is 27.9 Å². The lowest BCUT2D eigenvalue weighted by molar-refractivity contribution is -0.137. The molecule has 2 aromatic heterocycles. The van der Waals surface area contributed by atoms with Gasteiger partial charge in [0.05, 0.1) is 17.9 Å². The summed E-state index contributed by atoms with van der Waals surface area (Å²) in [4.78, 5) is 39.0. The van der Waals surface area contributed by atoms with Gasteiger partial charge >= 0.3 is 6.18 Å². The molecule has 9 nitrogen and oxygen atoms in total. The van der Waals surface area contributed by atoms with Crippen LogP contribution in [0.5, 0.6) is 0 Å². The van der Waals surface area contributed by atoms with Crippen LogP contribution in [0.1, 0.15) is 28.8 Å². The molecule has 0 bridgehead atoms. The Kier molecular flexibility index (Phi) is 8.03.